The van der Waals surface area contributed by atoms with Crippen molar-refractivity contribution in [2.45, 2.75) is 59.5 Å². The molecule has 1 heteroatoms. The second-order valence-corrected chi connectivity index (χ2v) is 4.51. The van der Waals surface area contributed by atoms with Crippen LogP contribution in [0.4, 0.5) is 0 Å². The molecular formula is C11H24O. The van der Waals surface area contributed by atoms with Crippen LogP contribution in [-0.2, 0) is 0 Å². The third-order valence-corrected chi connectivity index (χ3v) is 2.22. The van der Waals surface area contributed by atoms with Gasteiger partial charge in [-0.2, -0.15) is 0 Å². The fraction of sp³-hybridized carbons (Fsp3) is 1.00. The summed E-state index contributed by atoms with van der Waals surface area (Å²) in [4.78, 5) is 0. The van der Waals surface area contributed by atoms with Crippen LogP contribution in [0.25, 0.3) is 0 Å². The first-order valence-electron chi connectivity index (χ1n) is 5.20. The fourth-order valence-electron chi connectivity index (χ4n) is 1.57. The molecule has 1 nitrogen and oxygen atoms in total. The predicted molar refractivity (Wildman–Crippen MR) is 54.2 cm³/mol. The van der Waals surface area contributed by atoms with Gasteiger partial charge in [-0.15, -0.1) is 0 Å². The summed E-state index contributed by atoms with van der Waals surface area (Å²) in [5.74, 6) is 1.51. The Balaban J connectivity index is 3.25. The van der Waals surface area contributed by atoms with Crippen molar-refractivity contribution in [2.24, 2.45) is 11.8 Å². The first-order valence-corrected chi connectivity index (χ1v) is 5.20. The summed E-state index contributed by atoms with van der Waals surface area (Å²) in [6.07, 6.45) is 4.73. The van der Waals surface area contributed by atoms with E-state index in [1.165, 1.54) is 19.3 Å². The average molecular weight is 172 g/mol. The molecule has 0 saturated heterocycles. The van der Waals surface area contributed by atoms with Crippen LogP contribution in [0.1, 0.15) is 53.4 Å². The van der Waals surface area contributed by atoms with Crippen molar-refractivity contribution in [1.82, 2.24) is 0 Å². The zero-order valence-corrected chi connectivity index (χ0v) is 9.01. The van der Waals surface area contributed by atoms with Crippen LogP contribution in [0, 0.1) is 11.8 Å². The van der Waals surface area contributed by atoms with Crippen LogP contribution in [-0.4, -0.2) is 11.2 Å². The Morgan fingerprint density at radius 1 is 1.00 bits per heavy atom. The highest BCUT2D eigenvalue weighted by molar-refractivity contribution is 4.58. The summed E-state index contributed by atoms with van der Waals surface area (Å²) in [6.45, 7) is 8.63. The Bertz CT molecular complexity index is 97.2. The molecule has 0 spiro atoms. The zero-order chi connectivity index (χ0) is 9.56. The van der Waals surface area contributed by atoms with Gasteiger partial charge in [-0.3, -0.25) is 0 Å². The lowest BCUT2D eigenvalue weighted by molar-refractivity contribution is 0.160. The normalized spacial score (nSPS) is 16.5. The van der Waals surface area contributed by atoms with Crippen LogP contribution < -0.4 is 0 Å². The van der Waals surface area contributed by atoms with Gasteiger partial charge < -0.3 is 5.11 Å². The highest BCUT2D eigenvalue weighted by atomic mass is 16.3. The number of aliphatic hydroxyl groups is 1. The molecule has 0 saturated carbocycles. The number of aliphatic hydroxyl groups excluding tert-OH is 1. The van der Waals surface area contributed by atoms with Crippen LogP contribution in [0.5, 0.6) is 0 Å². The summed E-state index contributed by atoms with van der Waals surface area (Å²) < 4.78 is 0. The summed E-state index contributed by atoms with van der Waals surface area (Å²) in [5, 5.41) is 9.13. The smallest absolute Gasteiger partial charge is 0.0514 e. The maximum Gasteiger partial charge on any atom is 0.0514 e. The van der Waals surface area contributed by atoms with E-state index in [4.69, 9.17) is 5.11 Å². The maximum atomic E-state index is 9.13. The monoisotopic (exact) mass is 172 g/mol. The molecule has 0 rings (SSSR count). The van der Waals surface area contributed by atoms with E-state index in [0.29, 0.717) is 5.92 Å². The van der Waals surface area contributed by atoms with E-state index in [2.05, 4.69) is 20.8 Å². The Labute approximate surface area is 77.2 Å². The first kappa shape index (κ1) is 12.0. The van der Waals surface area contributed by atoms with Crippen molar-refractivity contribution in [3.63, 3.8) is 0 Å². The van der Waals surface area contributed by atoms with Crippen molar-refractivity contribution in [3.05, 3.63) is 0 Å². The van der Waals surface area contributed by atoms with E-state index in [1.54, 1.807) is 0 Å². The van der Waals surface area contributed by atoms with Gasteiger partial charge in [-0.25, -0.2) is 0 Å². The molecule has 1 N–H and O–H groups in total. The quantitative estimate of drug-likeness (QED) is 0.652. The largest absolute Gasteiger partial charge is 0.393 e. The van der Waals surface area contributed by atoms with E-state index in [9.17, 15) is 0 Å². The minimum absolute atomic E-state index is 0.126. The predicted octanol–water partition coefficient (Wildman–Crippen LogP) is 3.22. The first-order chi connectivity index (χ1) is 5.52. The lowest BCUT2D eigenvalue weighted by Gasteiger charge is -2.13. The molecule has 0 aliphatic heterocycles. The SMILES string of the molecule is CC(C)CCCC(C)CC(C)O. The number of hydrogen-bond acceptors (Lipinski definition) is 1. The minimum Gasteiger partial charge on any atom is -0.393 e. The second-order valence-electron chi connectivity index (χ2n) is 4.51. The summed E-state index contributed by atoms with van der Waals surface area (Å²) in [7, 11) is 0. The topological polar surface area (TPSA) is 20.2 Å². The van der Waals surface area contributed by atoms with Crippen molar-refractivity contribution in [2.75, 3.05) is 0 Å². The van der Waals surface area contributed by atoms with Gasteiger partial charge in [-0.05, 0) is 25.2 Å². The van der Waals surface area contributed by atoms with E-state index in [0.717, 1.165) is 12.3 Å². The number of rotatable bonds is 6. The summed E-state index contributed by atoms with van der Waals surface area (Å²) in [5.41, 5.74) is 0. The molecule has 0 amide bonds. The molecule has 2 unspecified atom stereocenters. The number of hydrogen-bond donors (Lipinski definition) is 1. The van der Waals surface area contributed by atoms with Gasteiger partial charge in [-0.1, -0.05) is 40.0 Å². The Morgan fingerprint density at radius 3 is 2.00 bits per heavy atom. The average Bonchev–Trinajstić information content (AvgIpc) is 1.84. The molecule has 0 radical (unpaired) electrons. The molecule has 0 heterocycles. The Morgan fingerprint density at radius 2 is 1.58 bits per heavy atom. The van der Waals surface area contributed by atoms with Gasteiger partial charge >= 0.3 is 0 Å². The van der Waals surface area contributed by atoms with Gasteiger partial charge in [0.15, 0.2) is 0 Å². The van der Waals surface area contributed by atoms with Gasteiger partial charge in [0.25, 0.3) is 0 Å². The Hall–Kier alpha value is -0.0400. The molecule has 74 valence electrons. The van der Waals surface area contributed by atoms with Gasteiger partial charge in [0, 0.05) is 0 Å². The van der Waals surface area contributed by atoms with Crippen LogP contribution in [0.15, 0.2) is 0 Å². The molecule has 12 heavy (non-hydrogen) atoms. The Kier molecular flexibility index (Phi) is 6.45. The molecule has 2 atom stereocenters. The van der Waals surface area contributed by atoms with Crippen molar-refractivity contribution >= 4 is 0 Å². The van der Waals surface area contributed by atoms with Crippen molar-refractivity contribution < 1.29 is 5.11 Å². The third kappa shape index (κ3) is 8.06. The maximum absolute atomic E-state index is 9.13. The highest BCUT2D eigenvalue weighted by Gasteiger charge is 2.05. The molecular weight excluding hydrogens is 148 g/mol. The standard InChI is InChI=1S/C11H24O/c1-9(2)6-5-7-10(3)8-11(4)12/h9-12H,5-8H2,1-4H3. The lowest BCUT2D eigenvalue weighted by Crippen LogP contribution is -2.07. The minimum atomic E-state index is -0.126. The molecule has 0 aromatic heterocycles. The van der Waals surface area contributed by atoms with E-state index < -0.39 is 0 Å². The second kappa shape index (κ2) is 6.47. The van der Waals surface area contributed by atoms with Crippen LogP contribution in [0.2, 0.25) is 0 Å². The van der Waals surface area contributed by atoms with E-state index in [1.807, 2.05) is 6.92 Å². The molecule has 0 aliphatic carbocycles. The van der Waals surface area contributed by atoms with Gasteiger partial charge in [0.2, 0.25) is 0 Å². The van der Waals surface area contributed by atoms with E-state index >= 15 is 0 Å². The summed E-state index contributed by atoms with van der Waals surface area (Å²) in [6, 6.07) is 0. The molecule has 0 aromatic rings. The molecule has 0 bridgehead atoms. The van der Waals surface area contributed by atoms with Crippen molar-refractivity contribution in [1.29, 1.82) is 0 Å². The van der Waals surface area contributed by atoms with E-state index in [-0.39, 0.29) is 6.10 Å². The highest BCUT2D eigenvalue weighted by Crippen LogP contribution is 2.16. The molecule has 0 fully saturated rings. The van der Waals surface area contributed by atoms with Gasteiger partial charge in [0.05, 0.1) is 6.10 Å². The fourth-order valence-corrected chi connectivity index (χ4v) is 1.57. The van der Waals surface area contributed by atoms with Crippen LogP contribution >= 0.6 is 0 Å². The van der Waals surface area contributed by atoms with Gasteiger partial charge in [0.1, 0.15) is 0 Å². The molecule has 0 aliphatic rings. The molecule has 0 aromatic carbocycles. The lowest BCUT2D eigenvalue weighted by atomic mass is 9.95. The van der Waals surface area contributed by atoms with Crippen molar-refractivity contribution in [3.8, 4) is 0 Å². The zero-order valence-electron chi connectivity index (χ0n) is 9.01. The van der Waals surface area contributed by atoms with Crippen LogP contribution in [0.3, 0.4) is 0 Å². The third-order valence-electron chi connectivity index (χ3n) is 2.22. The summed E-state index contributed by atoms with van der Waals surface area (Å²) >= 11 is 0.